The molecule has 1 aromatic carbocycles. The van der Waals surface area contributed by atoms with E-state index in [9.17, 15) is 18.0 Å². The van der Waals surface area contributed by atoms with E-state index in [1.54, 1.807) is 0 Å². The number of carbonyl (C=O) groups excluding carboxylic acids is 2. The van der Waals surface area contributed by atoms with E-state index in [1.165, 1.54) is 38.2 Å². The van der Waals surface area contributed by atoms with E-state index in [0.717, 1.165) is 17.1 Å². The molecule has 3 rings (SSSR count). The number of anilines is 1. The molecule has 1 atom stereocenters. The van der Waals surface area contributed by atoms with Crippen molar-refractivity contribution in [1.82, 2.24) is 19.8 Å². The number of hydrogen-bond donors (Lipinski definition) is 2. The van der Waals surface area contributed by atoms with Gasteiger partial charge in [-0.2, -0.15) is 9.29 Å². The van der Waals surface area contributed by atoms with Crippen molar-refractivity contribution in [3.05, 3.63) is 36.0 Å². The first kappa shape index (κ1) is 22.9. The van der Waals surface area contributed by atoms with Crippen LogP contribution in [-0.2, 0) is 19.6 Å². The van der Waals surface area contributed by atoms with E-state index in [1.807, 2.05) is 13.8 Å². The van der Waals surface area contributed by atoms with Crippen molar-refractivity contribution in [3.8, 4) is 0 Å². The normalized spacial score (nSPS) is 15.2. The highest BCUT2D eigenvalue weighted by molar-refractivity contribution is 7.89. The van der Waals surface area contributed by atoms with Gasteiger partial charge in [-0.05, 0) is 43.0 Å². The summed E-state index contributed by atoms with van der Waals surface area (Å²) >= 11 is 0. The summed E-state index contributed by atoms with van der Waals surface area (Å²) in [5.41, 5.74) is 0.483. The lowest BCUT2D eigenvalue weighted by atomic mass is 10.0. The zero-order chi connectivity index (χ0) is 22.8. The average Bonchev–Trinajstić information content (AvgIpc) is 3.43. The molecule has 2 amide bonds. The Morgan fingerprint density at radius 2 is 1.87 bits per heavy atom. The summed E-state index contributed by atoms with van der Waals surface area (Å²) in [4.78, 5) is 28.1. The maximum atomic E-state index is 12.8. The molecule has 1 unspecified atom stereocenters. The third-order valence-electron chi connectivity index (χ3n) is 4.90. The molecule has 1 aliphatic rings. The van der Waals surface area contributed by atoms with Gasteiger partial charge in [-0.3, -0.25) is 9.59 Å². The molecule has 11 heteroatoms. The highest BCUT2D eigenvalue weighted by atomic mass is 32.2. The molecule has 0 bridgehead atoms. The minimum absolute atomic E-state index is 0.0169. The predicted octanol–water partition coefficient (Wildman–Crippen LogP) is 2.04. The SMILES string of the molecule is CC(=O)Nc1ccc(S(=O)(=O)N(C)CC(=O)NC(c2nc(C3CC3)no2)C(C)C)cc1. The van der Waals surface area contributed by atoms with Gasteiger partial charge in [0, 0.05) is 25.6 Å². The number of nitrogens with zero attached hydrogens (tertiary/aromatic N) is 3. The first-order valence-electron chi connectivity index (χ1n) is 10.0. The van der Waals surface area contributed by atoms with Crippen LogP contribution in [0.15, 0.2) is 33.7 Å². The molecule has 2 aromatic rings. The van der Waals surface area contributed by atoms with Crippen LogP contribution < -0.4 is 10.6 Å². The maximum absolute atomic E-state index is 12.8. The second-order valence-electron chi connectivity index (χ2n) is 8.02. The predicted molar refractivity (Wildman–Crippen MR) is 113 cm³/mol. The van der Waals surface area contributed by atoms with Gasteiger partial charge >= 0.3 is 0 Å². The van der Waals surface area contributed by atoms with Gasteiger partial charge in [0.15, 0.2) is 5.82 Å². The van der Waals surface area contributed by atoms with Crippen LogP contribution in [0.5, 0.6) is 0 Å². The summed E-state index contributed by atoms with van der Waals surface area (Å²) in [6.07, 6.45) is 2.07. The van der Waals surface area contributed by atoms with Crippen molar-refractivity contribution in [3.63, 3.8) is 0 Å². The van der Waals surface area contributed by atoms with E-state index in [0.29, 0.717) is 23.3 Å². The van der Waals surface area contributed by atoms with Crippen LogP contribution in [0.4, 0.5) is 5.69 Å². The van der Waals surface area contributed by atoms with Crippen LogP contribution in [-0.4, -0.2) is 48.3 Å². The van der Waals surface area contributed by atoms with E-state index >= 15 is 0 Å². The number of aromatic nitrogens is 2. The van der Waals surface area contributed by atoms with Crippen molar-refractivity contribution in [2.45, 2.75) is 50.5 Å². The molecule has 0 aliphatic heterocycles. The van der Waals surface area contributed by atoms with Crippen molar-refractivity contribution >= 4 is 27.5 Å². The zero-order valence-corrected chi connectivity index (χ0v) is 18.8. The lowest BCUT2D eigenvalue weighted by Gasteiger charge is -2.21. The fraction of sp³-hybridized carbons (Fsp3) is 0.500. The van der Waals surface area contributed by atoms with Crippen LogP contribution in [0.3, 0.4) is 0 Å². The second kappa shape index (κ2) is 9.15. The summed E-state index contributed by atoms with van der Waals surface area (Å²) in [5, 5.41) is 9.36. The number of amides is 2. The van der Waals surface area contributed by atoms with Gasteiger partial charge in [-0.1, -0.05) is 19.0 Å². The fourth-order valence-corrected chi connectivity index (χ4v) is 4.12. The molecule has 0 radical (unpaired) electrons. The highest BCUT2D eigenvalue weighted by Crippen LogP contribution is 2.38. The first-order valence-corrected chi connectivity index (χ1v) is 11.5. The smallest absolute Gasteiger partial charge is 0.249 e. The molecule has 0 saturated heterocycles. The molecule has 10 nitrogen and oxygen atoms in total. The van der Waals surface area contributed by atoms with Gasteiger partial charge in [0.2, 0.25) is 27.7 Å². The topological polar surface area (TPSA) is 134 Å². The summed E-state index contributed by atoms with van der Waals surface area (Å²) in [5.74, 6) is 0.538. The zero-order valence-electron chi connectivity index (χ0n) is 18.0. The fourth-order valence-electron chi connectivity index (χ4n) is 2.99. The Morgan fingerprint density at radius 1 is 1.23 bits per heavy atom. The number of carbonyl (C=O) groups is 2. The number of nitrogens with one attached hydrogen (secondary N) is 2. The summed E-state index contributed by atoms with van der Waals surface area (Å²) in [6, 6.07) is 5.22. The number of sulfonamides is 1. The lowest BCUT2D eigenvalue weighted by Crippen LogP contribution is -2.41. The number of likely N-dealkylation sites (N-methyl/N-ethyl adjacent to an activating group) is 1. The second-order valence-corrected chi connectivity index (χ2v) is 10.1. The third kappa shape index (κ3) is 5.67. The first-order chi connectivity index (χ1) is 14.6. The number of hydrogen-bond acceptors (Lipinski definition) is 7. The van der Waals surface area contributed by atoms with Crippen LogP contribution >= 0.6 is 0 Å². The van der Waals surface area contributed by atoms with E-state index in [4.69, 9.17) is 4.52 Å². The Balaban J connectivity index is 1.65. The van der Waals surface area contributed by atoms with Crippen molar-refractivity contribution in [2.75, 3.05) is 18.9 Å². The molecular weight excluding hydrogens is 422 g/mol. The largest absolute Gasteiger partial charge is 0.343 e. The van der Waals surface area contributed by atoms with Gasteiger partial charge in [-0.15, -0.1) is 0 Å². The molecule has 168 valence electrons. The van der Waals surface area contributed by atoms with Gasteiger partial charge < -0.3 is 15.2 Å². The van der Waals surface area contributed by atoms with E-state index < -0.39 is 22.0 Å². The average molecular weight is 450 g/mol. The lowest BCUT2D eigenvalue weighted by molar-refractivity contribution is -0.122. The monoisotopic (exact) mass is 449 g/mol. The molecular formula is C20H27N5O5S. The Morgan fingerprint density at radius 3 is 2.42 bits per heavy atom. The molecule has 1 saturated carbocycles. The molecule has 31 heavy (non-hydrogen) atoms. The van der Waals surface area contributed by atoms with Crippen molar-refractivity contribution in [1.29, 1.82) is 0 Å². The molecule has 1 aliphatic carbocycles. The highest BCUT2D eigenvalue weighted by Gasteiger charge is 2.32. The standard InChI is InChI=1S/C20H27N5O5S/c1-12(2)18(20-23-19(24-30-20)14-5-6-14)22-17(27)11-25(4)31(28,29)16-9-7-15(8-10-16)21-13(3)26/h7-10,12,14,18H,5-6,11H2,1-4H3,(H,21,26)(H,22,27). The van der Waals surface area contributed by atoms with Gasteiger partial charge in [0.05, 0.1) is 11.4 Å². The van der Waals surface area contributed by atoms with Crippen molar-refractivity contribution < 1.29 is 22.5 Å². The molecule has 1 heterocycles. The minimum Gasteiger partial charge on any atom is -0.343 e. The van der Waals surface area contributed by atoms with Gasteiger partial charge in [0.25, 0.3) is 0 Å². The Bertz CT molecular complexity index is 1040. The van der Waals surface area contributed by atoms with Crippen LogP contribution in [0.1, 0.15) is 57.3 Å². The van der Waals surface area contributed by atoms with Crippen LogP contribution in [0.2, 0.25) is 0 Å². The van der Waals surface area contributed by atoms with E-state index in [-0.39, 0.29) is 23.3 Å². The molecule has 0 spiro atoms. The Kier molecular flexibility index (Phi) is 6.75. The quantitative estimate of drug-likeness (QED) is 0.598. The van der Waals surface area contributed by atoms with Gasteiger partial charge in [-0.25, -0.2) is 8.42 Å². The molecule has 1 aromatic heterocycles. The van der Waals surface area contributed by atoms with Crippen molar-refractivity contribution in [2.24, 2.45) is 5.92 Å². The Labute approximate surface area is 181 Å². The molecule has 1 fully saturated rings. The van der Waals surface area contributed by atoms with E-state index in [2.05, 4.69) is 20.8 Å². The number of rotatable bonds is 9. The Hall–Kier alpha value is -2.79. The summed E-state index contributed by atoms with van der Waals surface area (Å²) in [6.45, 7) is 4.80. The van der Waals surface area contributed by atoms with Crippen LogP contribution in [0.25, 0.3) is 0 Å². The van der Waals surface area contributed by atoms with Gasteiger partial charge in [0.1, 0.15) is 6.04 Å². The third-order valence-corrected chi connectivity index (χ3v) is 6.72. The molecule has 2 N–H and O–H groups in total. The summed E-state index contributed by atoms with van der Waals surface area (Å²) < 4.78 is 31.9. The minimum atomic E-state index is -3.89. The maximum Gasteiger partial charge on any atom is 0.249 e. The summed E-state index contributed by atoms with van der Waals surface area (Å²) in [7, 11) is -2.56. The number of benzene rings is 1. The van der Waals surface area contributed by atoms with Crippen LogP contribution in [0, 0.1) is 5.92 Å².